The Kier molecular flexibility index (Phi) is 5.62. The molecule has 0 saturated carbocycles. The maximum absolute atomic E-state index is 12.8. The largest absolute Gasteiger partial charge is 0.274 e. The Morgan fingerprint density at radius 3 is 2.56 bits per heavy atom. The first-order chi connectivity index (χ1) is 12.9. The van der Waals surface area contributed by atoms with Crippen LogP contribution in [0.15, 0.2) is 41.4 Å². The maximum atomic E-state index is 12.8. The fourth-order valence-corrected chi connectivity index (χ4v) is 4.09. The van der Waals surface area contributed by atoms with E-state index in [-0.39, 0.29) is 18.2 Å². The molecule has 1 saturated heterocycles. The second-order valence-corrected chi connectivity index (χ2v) is 8.27. The lowest BCUT2D eigenvalue weighted by atomic mass is 10.1. The predicted molar refractivity (Wildman–Crippen MR) is 105 cm³/mol. The van der Waals surface area contributed by atoms with E-state index in [0.29, 0.717) is 22.2 Å². The van der Waals surface area contributed by atoms with Crippen molar-refractivity contribution in [2.45, 2.75) is 43.9 Å². The standard InChI is InChI=1S/C21H21N3O2S/c1-13(2)10-16-7-6-15(12-22)20(23-16)27-18-11-19(25)24(21(18)26)17-8-4-14(3)5-9-17/h4-9,13,18H,10-11H2,1-3H3/t18-/m0/s1. The van der Waals surface area contributed by atoms with E-state index in [1.54, 1.807) is 18.2 Å². The number of benzene rings is 1. The SMILES string of the molecule is Cc1ccc(N2C(=O)C[C@H](Sc3nc(CC(C)C)ccc3C#N)C2=O)cc1. The van der Waals surface area contributed by atoms with E-state index in [1.165, 1.54) is 16.7 Å². The van der Waals surface area contributed by atoms with Crippen LogP contribution < -0.4 is 4.90 Å². The van der Waals surface area contributed by atoms with Crippen molar-refractivity contribution in [2.24, 2.45) is 5.92 Å². The first-order valence-electron chi connectivity index (χ1n) is 8.89. The van der Waals surface area contributed by atoms with Gasteiger partial charge in [-0.1, -0.05) is 43.3 Å². The second-order valence-electron chi connectivity index (χ2n) is 7.08. The van der Waals surface area contributed by atoms with Crippen molar-refractivity contribution in [1.82, 2.24) is 4.98 Å². The molecule has 6 heteroatoms. The lowest BCUT2D eigenvalue weighted by Crippen LogP contribution is -2.31. The fraction of sp³-hybridized carbons (Fsp3) is 0.333. The monoisotopic (exact) mass is 379 g/mol. The number of thioether (sulfide) groups is 1. The van der Waals surface area contributed by atoms with E-state index in [1.807, 2.05) is 25.1 Å². The third-order valence-corrected chi connectivity index (χ3v) is 5.49. The Morgan fingerprint density at radius 2 is 1.93 bits per heavy atom. The number of rotatable bonds is 5. The summed E-state index contributed by atoms with van der Waals surface area (Å²) < 4.78 is 0. The minimum Gasteiger partial charge on any atom is -0.274 e. The molecule has 1 aromatic heterocycles. The zero-order valence-electron chi connectivity index (χ0n) is 15.6. The number of aryl methyl sites for hydroxylation is 1. The van der Waals surface area contributed by atoms with Gasteiger partial charge >= 0.3 is 0 Å². The zero-order chi connectivity index (χ0) is 19.6. The molecule has 3 rings (SSSR count). The number of anilines is 1. The summed E-state index contributed by atoms with van der Waals surface area (Å²) >= 11 is 1.21. The molecule has 2 amide bonds. The molecule has 138 valence electrons. The van der Waals surface area contributed by atoms with Crippen molar-refractivity contribution in [3.63, 3.8) is 0 Å². The third-order valence-electron chi connectivity index (χ3n) is 4.31. The molecule has 0 aliphatic carbocycles. The van der Waals surface area contributed by atoms with Crippen LogP contribution in [-0.4, -0.2) is 22.0 Å². The number of aromatic nitrogens is 1. The number of amides is 2. The van der Waals surface area contributed by atoms with E-state index in [4.69, 9.17) is 0 Å². The Labute approximate surface area is 163 Å². The molecule has 5 nitrogen and oxygen atoms in total. The van der Waals surface area contributed by atoms with E-state index in [9.17, 15) is 14.9 Å². The van der Waals surface area contributed by atoms with Gasteiger partial charge in [0.15, 0.2) is 0 Å². The van der Waals surface area contributed by atoms with Gasteiger partial charge in [0.2, 0.25) is 11.8 Å². The maximum Gasteiger partial charge on any atom is 0.247 e. The molecule has 0 bridgehead atoms. The Morgan fingerprint density at radius 1 is 1.22 bits per heavy atom. The minimum atomic E-state index is -0.562. The van der Waals surface area contributed by atoms with Crippen LogP contribution in [-0.2, 0) is 16.0 Å². The molecule has 1 aliphatic rings. The molecule has 0 spiro atoms. The summed E-state index contributed by atoms with van der Waals surface area (Å²) in [6.07, 6.45) is 0.907. The summed E-state index contributed by atoms with van der Waals surface area (Å²) in [5.74, 6) is -0.0398. The van der Waals surface area contributed by atoms with Crippen LogP contribution >= 0.6 is 11.8 Å². The molecule has 2 aromatic rings. The number of pyridine rings is 1. The van der Waals surface area contributed by atoms with Gasteiger partial charge in [-0.2, -0.15) is 5.26 Å². The highest BCUT2D eigenvalue weighted by Crippen LogP contribution is 2.34. The van der Waals surface area contributed by atoms with Crippen molar-refractivity contribution in [1.29, 1.82) is 5.26 Å². The quantitative estimate of drug-likeness (QED) is 0.737. The minimum absolute atomic E-state index is 0.109. The number of hydrogen-bond acceptors (Lipinski definition) is 5. The summed E-state index contributed by atoms with van der Waals surface area (Å²) in [4.78, 5) is 31.1. The molecule has 0 N–H and O–H groups in total. The Bertz CT molecular complexity index is 916. The number of carbonyl (C=O) groups is 2. The number of hydrogen-bond donors (Lipinski definition) is 0. The number of carbonyl (C=O) groups excluding carboxylic acids is 2. The summed E-state index contributed by atoms with van der Waals surface area (Å²) in [6, 6.07) is 13.0. The molecule has 27 heavy (non-hydrogen) atoms. The first-order valence-corrected chi connectivity index (χ1v) is 9.77. The van der Waals surface area contributed by atoms with Gasteiger partial charge in [0.25, 0.3) is 0 Å². The third kappa shape index (κ3) is 4.20. The average molecular weight is 379 g/mol. The lowest BCUT2D eigenvalue weighted by Gasteiger charge is -2.15. The molecular weight excluding hydrogens is 358 g/mol. The van der Waals surface area contributed by atoms with E-state index in [2.05, 4.69) is 24.9 Å². The molecule has 1 aromatic carbocycles. The predicted octanol–water partition coefficient (Wildman–Crippen LogP) is 3.88. The van der Waals surface area contributed by atoms with Crippen molar-refractivity contribution in [3.8, 4) is 6.07 Å². The van der Waals surface area contributed by atoms with Crippen LogP contribution in [0.25, 0.3) is 0 Å². The van der Waals surface area contributed by atoms with Crippen LogP contribution in [0.4, 0.5) is 5.69 Å². The number of imide groups is 1. The van der Waals surface area contributed by atoms with Crippen LogP contribution in [0.3, 0.4) is 0 Å². The summed E-state index contributed by atoms with van der Waals surface area (Å²) in [7, 11) is 0. The highest BCUT2D eigenvalue weighted by Gasteiger charge is 2.40. The topological polar surface area (TPSA) is 74.1 Å². The zero-order valence-corrected chi connectivity index (χ0v) is 16.4. The Balaban J connectivity index is 1.84. The summed E-state index contributed by atoms with van der Waals surface area (Å²) in [5, 5.41) is 9.33. The molecule has 1 aliphatic heterocycles. The second kappa shape index (κ2) is 7.93. The molecule has 1 atom stereocenters. The molecule has 0 radical (unpaired) electrons. The molecule has 1 fully saturated rings. The van der Waals surface area contributed by atoms with Crippen LogP contribution in [0.1, 0.15) is 37.1 Å². The van der Waals surface area contributed by atoms with Crippen molar-refractivity contribution in [3.05, 3.63) is 53.2 Å². The van der Waals surface area contributed by atoms with Crippen LogP contribution in [0, 0.1) is 24.2 Å². The van der Waals surface area contributed by atoms with Crippen molar-refractivity contribution < 1.29 is 9.59 Å². The van der Waals surface area contributed by atoms with E-state index >= 15 is 0 Å². The number of nitrogens with zero attached hydrogens (tertiary/aromatic N) is 3. The molecule has 0 unspecified atom stereocenters. The highest BCUT2D eigenvalue weighted by molar-refractivity contribution is 8.00. The average Bonchev–Trinajstić information content (AvgIpc) is 2.89. The van der Waals surface area contributed by atoms with Gasteiger partial charge in [0, 0.05) is 12.1 Å². The highest BCUT2D eigenvalue weighted by atomic mass is 32.2. The number of nitriles is 1. The van der Waals surface area contributed by atoms with Crippen molar-refractivity contribution in [2.75, 3.05) is 4.90 Å². The first kappa shape index (κ1) is 19.1. The summed E-state index contributed by atoms with van der Waals surface area (Å²) in [6.45, 7) is 6.16. The molecule has 2 heterocycles. The van der Waals surface area contributed by atoms with Crippen LogP contribution in [0.2, 0.25) is 0 Å². The van der Waals surface area contributed by atoms with Gasteiger partial charge in [0.1, 0.15) is 11.1 Å². The summed E-state index contributed by atoms with van der Waals surface area (Å²) in [5.41, 5.74) is 2.97. The van der Waals surface area contributed by atoms with Gasteiger partial charge in [-0.25, -0.2) is 9.88 Å². The van der Waals surface area contributed by atoms with Gasteiger partial charge < -0.3 is 0 Å². The van der Waals surface area contributed by atoms with Crippen LogP contribution in [0.5, 0.6) is 0 Å². The lowest BCUT2D eigenvalue weighted by molar-refractivity contribution is -0.121. The van der Waals surface area contributed by atoms with Crippen molar-refractivity contribution >= 4 is 29.3 Å². The fourth-order valence-electron chi connectivity index (χ4n) is 2.98. The van der Waals surface area contributed by atoms with Gasteiger partial charge in [-0.15, -0.1) is 0 Å². The van der Waals surface area contributed by atoms with Gasteiger partial charge in [-0.05, 0) is 43.5 Å². The van der Waals surface area contributed by atoms with Gasteiger partial charge in [-0.3, -0.25) is 9.59 Å². The smallest absolute Gasteiger partial charge is 0.247 e. The van der Waals surface area contributed by atoms with E-state index in [0.717, 1.165) is 17.7 Å². The van der Waals surface area contributed by atoms with Gasteiger partial charge in [0.05, 0.1) is 16.5 Å². The van der Waals surface area contributed by atoms with E-state index < -0.39 is 5.25 Å². The molecular formula is C21H21N3O2S. The Hall–Kier alpha value is -2.65. The normalized spacial score (nSPS) is 16.9.